The van der Waals surface area contributed by atoms with Crippen molar-refractivity contribution in [2.75, 3.05) is 13.2 Å². The van der Waals surface area contributed by atoms with Gasteiger partial charge in [0, 0.05) is 18.4 Å². The van der Waals surface area contributed by atoms with Crippen molar-refractivity contribution in [3.8, 4) is 0 Å². The smallest absolute Gasteiger partial charge is 0.326 e. The van der Waals surface area contributed by atoms with Crippen molar-refractivity contribution in [3.63, 3.8) is 0 Å². The van der Waals surface area contributed by atoms with Gasteiger partial charge in [-0.2, -0.15) is 0 Å². The number of aliphatic carboxylic acids is 1. The minimum atomic E-state index is -0.947. The second-order valence-corrected chi connectivity index (χ2v) is 5.28. The van der Waals surface area contributed by atoms with E-state index in [2.05, 4.69) is 5.32 Å². The zero-order valence-electron chi connectivity index (χ0n) is 10.6. The van der Waals surface area contributed by atoms with Crippen LogP contribution in [-0.2, 0) is 14.3 Å². The van der Waals surface area contributed by atoms with E-state index in [1.165, 1.54) is 0 Å². The van der Waals surface area contributed by atoms with Crippen LogP contribution in [0.2, 0.25) is 0 Å². The fourth-order valence-corrected chi connectivity index (χ4v) is 2.87. The molecule has 1 aliphatic carbocycles. The summed E-state index contributed by atoms with van der Waals surface area (Å²) in [4.78, 5) is 23.3. The Kier molecular flexibility index (Phi) is 4.58. The number of hydrogen-bond acceptors (Lipinski definition) is 3. The van der Waals surface area contributed by atoms with Gasteiger partial charge in [-0.25, -0.2) is 4.79 Å². The van der Waals surface area contributed by atoms with Crippen LogP contribution in [0.25, 0.3) is 0 Å². The molecule has 2 aliphatic rings. The molecule has 2 atom stereocenters. The van der Waals surface area contributed by atoms with Gasteiger partial charge in [-0.15, -0.1) is 0 Å². The van der Waals surface area contributed by atoms with E-state index in [9.17, 15) is 14.7 Å². The van der Waals surface area contributed by atoms with E-state index in [4.69, 9.17) is 4.74 Å². The van der Waals surface area contributed by atoms with E-state index in [1.807, 2.05) is 0 Å². The second kappa shape index (κ2) is 6.18. The van der Waals surface area contributed by atoms with E-state index in [0.29, 0.717) is 13.2 Å². The third kappa shape index (κ3) is 3.22. The maximum Gasteiger partial charge on any atom is 0.326 e. The van der Waals surface area contributed by atoms with Crippen LogP contribution < -0.4 is 5.32 Å². The number of carboxylic acids is 1. The molecule has 0 aromatic heterocycles. The molecule has 2 fully saturated rings. The van der Waals surface area contributed by atoms with Crippen LogP contribution in [0.1, 0.15) is 38.5 Å². The van der Waals surface area contributed by atoms with Crippen molar-refractivity contribution in [1.82, 2.24) is 5.32 Å². The van der Waals surface area contributed by atoms with Crippen molar-refractivity contribution >= 4 is 11.9 Å². The highest BCUT2D eigenvalue weighted by Gasteiger charge is 2.33. The molecule has 2 unspecified atom stereocenters. The SMILES string of the molecule is O=C(NC(C(=O)O)C1CCCOC1)C1CCCC1. The fraction of sp³-hybridized carbons (Fsp3) is 0.846. The number of amides is 1. The number of carbonyl (C=O) groups excluding carboxylic acids is 1. The Morgan fingerprint density at radius 1 is 1.17 bits per heavy atom. The normalized spacial score (nSPS) is 26.8. The lowest BCUT2D eigenvalue weighted by molar-refractivity contribution is -0.145. The molecular weight excluding hydrogens is 234 g/mol. The topological polar surface area (TPSA) is 75.6 Å². The van der Waals surface area contributed by atoms with Gasteiger partial charge in [0.15, 0.2) is 0 Å². The minimum absolute atomic E-state index is 0.0105. The first-order valence-corrected chi connectivity index (χ1v) is 6.79. The maximum atomic E-state index is 12.0. The number of hydrogen-bond donors (Lipinski definition) is 2. The van der Waals surface area contributed by atoms with Gasteiger partial charge in [-0.1, -0.05) is 12.8 Å². The first-order chi connectivity index (χ1) is 8.68. The lowest BCUT2D eigenvalue weighted by Gasteiger charge is -2.28. The van der Waals surface area contributed by atoms with Crippen molar-refractivity contribution < 1.29 is 19.4 Å². The van der Waals surface area contributed by atoms with Crippen LogP contribution in [0.3, 0.4) is 0 Å². The fourth-order valence-electron chi connectivity index (χ4n) is 2.87. The molecule has 18 heavy (non-hydrogen) atoms. The summed E-state index contributed by atoms with van der Waals surface area (Å²) in [6, 6.07) is -0.793. The highest BCUT2D eigenvalue weighted by molar-refractivity contribution is 5.85. The summed E-state index contributed by atoms with van der Waals surface area (Å²) in [5.74, 6) is -1.12. The predicted molar refractivity (Wildman–Crippen MR) is 65.1 cm³/mol. The molecule has 5 nitrogen and oxygen atoms in total. The molecule has 102 valence electrons. The van der Waals surface area contributed by atoms with Gasteiger partial charge < -0.3 is 15.2 Å². The van der Waals surface area contributed by atoms with Gasteiger partial charge in [-0.05, 0) is 25.7 Å². The third-order valence-corrected chi connectivity index (χ3v) is 3.96. The van der Waals surface area contributed by atoms with Crippen LogP contribution in [0.4, 0.5) is 0 Å². The first-order valence-electron chi connectivity index (χ1n) is 6.79. The van der Waals surface area contributed by atoms with Crippen LogP contribution in [0.15, 0.2) is 0 Å². The van der Waals surface area contributed by atoms with Crippen LogP contribution in [0, 0.1) is 11.8 Å². The minimum Gasteiger partial charge on any atom is -0.480 e. The quantitative estimate of drug-likeness (QED) is 0.790. The van der Waals surface area contributed by atoms with Gasteiger partial charge in [-0.3, -0.25) is 4.79 Å². The average Bonchev–Trinajstić information content (AvgIpc) is 2.90. The van der Waals surface area contributed by atoms with Crippen LogP contribution in [-0.4, -0.2) is 36.2 Å². The summed E-state index contributed by atoms with van der Waals surface area (Å²) in [6.45, 7) is 1.13. The van der Waals surface area contributed by atoms with Crippen molar-refractivity contribution in [1.29, 1.82) is 0 Å². The predicted octanol–water partition coefficient (Wildman–Crippen LogP) is 1.17. The Bertz CT molecular complexity index is 306. The molecule has 5 heteroatoms. The Labute approximate surface area is 107 Å². The van der Waals surface area contributed by atoms with Gasteiger partial charge in [0.05, 0.1) is 6.61 Å². The van der Waals surface area contributed by atoms with Crippen molar-refractivity contribution in [2.24, 2.45) is 11.8 Å². The van der Waals surface area contributed by atoms with E-state index in [-0.39, 0.29) is 17.7 Å². The third-order valence-electron chi connectivity index (χ3n) is 3.96. The van der Waals surface area contributed by atoms with E-state index in [0.717, 1.165) is 38.5 Å². The summed E-state index contributed by atoms with van der Waals surface area (Å²) < 4.78 is 5.31. The van der Waals surface area contributed by atoms with Gasteiger partial charge in [0.25, 0.3) is 0 Å². The Morgan fingerprint density at radius 3 is 2.44 bits per heavy atom. The van der Waals surface area contributed by atoms with Gasteiger partial charge >= 0.3 is 5.97 Å². The van der Waals surface area contributed by atoms with E-state index >= 15 is 0 Å². The Morgan fingerprint density at radius 2 is 1.89 bits per heavy atom. The molecule has 2 rings (SSSR count). The highest BCUT2D eigenvalue weighted by atomic mass is 16.5. The zero-order valence-corrected chi connectivity index (χ0v) is 10.6. The monoisotopic (exact) mass is 255 g/mol. The maximum absolute atomic E-state index is 12.0. The largest absolute Gasteiger partial charge is 0.480 e. The summed E-state index contributed by atoms with van der Waals surface area (Å²) >= 11 is 0. The summed E-state index contributed by atoms with van der Waals surface area (Å²) in [7, 11) is 0. The number of nitrogens with one attached hydrogen (secondary N) is 1. The van der Waals surface area contributed by atoms with E-state index in [1.54, 1.807) is 0 Å². The lowest BCUT2D eigenvalue weighted by atomic mass is 9.93. The van der Waals surface area contributed by atoms with Crippen LogP contribution in [0.5, 0.6) is 0 Å². The molecule has 1 saturated heterocycles. The van der Waals surface area contributed by atoms with Gasteiger partial charge in [0.1, 0.15) is 6.04 Å². The lowest BCUT2D eigenvalue weighted by Crippen LogP contribution is -2.49. The van der Waals surface area contributed by atoms with Crippen molar-refractivity contribution in [3.05, 3.63) is 0 Å². The summed E-state index contributed by atoms with van der Waals surface area (Å²) in [5.41, 5.74) is 0. The average molecular weight is 255 g/mol. The Hall–Kier alpha value is -1.10. The number of ether oxygens (including phenoxy) is 1. The molecule has 1 amide bonds. The van der Waals surface area contributed by atoms with Crippen LogP contribution >= 0.6 is 0 Å². The second-order valence-electron chi connectivity index (χ2n) is 5.28. The number of carboxylic acid groups (broad SMARTS) is 1. The zero-order chi connectivity index (χ0) is 13.0. The molecule has 0 aromatic rings. The highest BCUT2D eigenvalue weighted by Crippen LogP contribution is 2.25. The van der Waals surface area contributed by atoms with Crippen molar-refractivity contribution in [2.45, 2.75) is 44.6 Å². The molecule has 2 N–H and O–H groups in total. The van der Waals surface area contributed by atoms with E-state index < -0.39 is 12.0 Å². The molecule has 1 saturated carbocycles. The first kappa shape index (κ1) is 13.3. The molecule has 0 spiro atoms. The number of carbonyl (C=O) groups is 2. The standard InChI is InChI=1S/C13H21NO4/c15-12(9-4-1-2-5-9)14-11(13(16)17)10-6-3-7-18-8-10/h9-11H,1-8H2,(H,14,15)(H,16,17). The molecular formula is C13H21NO4. The summed E-state index contributed by atoms with van der Waals surface area (Å²) in [6.07, 6.45) is 5.60. The molecule has 1 aliphatic heterocycles. The molecule has 0 bridgehead atoms. The summed E-state index contributed by atoms with van der Waals surface area (Å²) in [5, 5.41) is 12.0. The molecule has 1 heterocycles. The number of rotatable bonds is 4. The van der Waals surface area contributed by atoms with Gasteiger partial charge in [0.2, 0.25) is 5.91 Å². The Balaban J connectivity index is 1.92. The molecule has 0 aromatic carbocycles. The molecule has 0 radical (unpaired) electrons.